The Hall–Kier alpha value is -2.35. The number of carboxylic acid groups (broad SMARTS) is 1. The highest BCUT2D eigenvalue weighted by Crippen LogP contribution is 2.41. The minimum atomic E-state index is -3.74. The van der Waals surface area contributed by atoms with Crippen molar-refractivity contribution < 1.29 is 18.3 Å². The van der Waals surface area contributed by atoms with Crippen molar-refractivity contribution in [3.05, 3.63) is 70.3 Å². The Labute approximate surface area is 221 Å². The van der Waals surface area contributed by atoms with E-state index < -0.39 is 16.0 Å². The molecule has 1 unspecified atom stereocenters. The van der Waals surface area contributed by atoms with Crippen molar-refractivity contribution in [3.8, 4) is 0 Å². The van der Waals surface area contributed by atoms with Gasteiger partial charge in [-0.1, -0.05) is 74.7 Å². The highest BCUT2D eigenvalue weighted by Gasteiger charge is 2.35. The predicted octanol–water partition coefficient (Wildman–Crippen LogP) is 6.86. The highest BCUT2D eigenvalue weighted by molar-refractivity contribution is 7.92. The van der Waals surface area contributed by atoms with Crippen molar-refractivity contribution in [2.75, 3.05) is 17.9 Å². The Kier molecular flexibility index (Phi) is 12.0. The molecule has 0 saturated carbocycles. The van der Waals surface area contributed by atoms with E-state index in [9.17, 15) is 13.2 Å². The molecule has 0 fully saturated rings. The summed E-state index contributed by atoms with van der Waals surface area (Å²) in [6.07, 6.45) is 10.5. The van der Waals surface area contributed by atoms with Crippen molar-refractivity contribution in [2.45, 2.75) is 76.7 Å². The first-order valence-corrected chi connectivity index (χ1v) is 14.5. The number of nitrogens with one attached hydrogen (secondary N) is 1. The van der Waals surface area contributed by atoms with Crippen LogP contribution in [0.2, 0.25) is 5.02 Å². The molecule has 198 valence electrons. The predicted molar refractivity (Wildman–Crippen MR) is 149 cm³/mol. The number of benzene rings is 2. The zero-order valence-corrected chi connectivity index (χ0v) is 23.3. The molecule has 2 aromatic carbocycles. The van der Waals surface area contributed by atoms with Gasteiger partial charge < -0.3 is 10.4 Å². The standard InChI is InChI=1S/C22H27ClN2O4S.C4H6.C2H6/c1-15-13-17-20(14-18(15)23)30(28,29)25(2)19-10-7-6-9-16(19)22(17)24-12-8-4-3-5-11-21(26)27;1-2-4-3-1;1-2/h6-7,9-10,13-14,22,24H,3-5,8,11-12H2,1-2H3,(H,26,27);1-2H,3-4H2;1-2H3. The van der Waals surface area contributed by atoms with Crippen molar-refractivity contribution >= 4 is 33.3 Å². The number of sulfonamides is 1. The second-order valence-corrected chi connectivity index (χ2v) is 11.0. The number of hydrogen-bond acceptors (Lipinski definition) is 4. The van der Waals surface area contributed by atoms with Gasteiger partial charge in [-0.05, 0) is 68.0 Å². The van der Waals surface area contributed by atoms with Gasteiger partial charge in [0.25, 0.3) is 10.0 Å². The van der Waals surface area contributed by atoms with Crippen LogP contribution in [-0.4, -0.2) is 33.1 Å². The van der Waals surface area contributed by atoms with Gasteiger partial charge in [0.1, 0.15) is 0 Å². The summed E-state index contributed by atoms with van der Waals surface area (Å²) in [7, 11) is -2.17. The summed E-state index contributed by atoms with van der Waals surface area (Å²) in [4.78, 5) is 10.8. The van der Waals surface area contributed by atoms with Gasteiger partial charge >= 0.3 is 5.97 Å². The number of carboxylic acids is 1. The molecule has 1 heterocycles. The minimum absolute atomic E-state index is 0.195. The van der Waals surface area contributed by atoms with Crippen molar-refractivity contribution in [1.29, 1.82) is 0 Å². The Balaban J connectivity index is 0.000000677. The lowest BCUT2D eigenvalue weighted by atomic mass is 9.95. The highest BCUT2D eigenvalue weighted by atomic mass is 35.5. The molecule has 1 aliphatic heterocycles. The summed E-state index contributed by atoms with van der Waals surface area (Å²) in [6, 6.07) is 10.6. The molecule has 0 radical (unpaired) electrons. The third-order valence-electron chi connectivity index (χ3n) is 6.16. The van der Waals surface area contributed by atoms with E-state index >= 15 is 0 Å². The maximum absolute atomic E-state index is 13.3. The number of hydrogen-bond donors (Lipinski definition) is 2. The van der Waals surface area contributed by atoms with Crippen LogP contribution < -0.4 is 9.62 Å². The lowest BCUT2D eigenvalue weighted by molar-refractivity contribution is -0.137. The SMILES string of the molecule is C1=CCC1.CC.Cc1cc2c(cc1Cl)S(=O)(=O)N(C)c1ccccc1C2NCCCCCCC(=O)O. The summed E-state index contributed by atoms with van der Waals surface area (Å²) < 4.78 is 27.9. The fourth-order valence-corrected chi connectivity index (χ4v) is 5.68. The summed E-state index contributed by atoms with van der Waals surface area (Å²) in [5.41, 5.74) is 3.06. The van der Waals surface area contributed by atoms with Gasteiger partial charge in [0.2, 0.25) is 0 Å². The number of anilines is 1. The summed E-state index contributed by atoms with van der Waals surface area (Å²) in [5, 5.41) is 12.7. The van der Waals surface area contributed by atoms with Gasteiger partial charge in [-0.25, -0.2) is 8.42 Å². The smallest absolute Gasteiger partial charge is 0.303 e. The van der Waals surface area contributed by atoms with Crippen LogP contribution >= 0.6 is 11.6 Å². The molecule has 0 saturated heterocycles. The summed E-state index contributed by atoms with van der Waals surface area (Å²) in [5.74, 6) is -0.765. The number of aliphatic carboxylic acids is 1. The minimum Gasteiger partial charge on any atom is -0.481 e. The second kappa shape index (κ2) is 14.4. The number of aryl methyl sites for hydroxylation is 1. The van der Waals surface area contributed by atoms with Gasteiger partial charge in [-0.15, -0.1) is 0 Å². The lowest BCUT2D eigenvalue weighted by Crippen LogP contribution is -2.26. The molecule has 1 aliphatic carbocycles. The number of fused-ring (bicyclic) bond motifs is 2. The molecule has 2 aromatic rings. The van der Waals surface area contributed by atoms with Crippen LogP contribution in [0.3, 0.4) is 0 Å². The van der Waals surface area contributed by atoms with E-state index in [0.29, 0.717) is 29.2 Å². The van der Waals surface area contributed by atoms with Crippen LogP contribution in [0.5, 0.6) is 0 Å². The van der Waals surface area contributed by atoms with Crippen LogP contribution in [-0.2, 0) is 14.8 Å². The molecule has 0 spiro atoms. The monoisotopic (exact) mass is 534 g/mol. The topological polar surface area (TPSA) is 86.7 Å². The number of para-hydroxylation sites is 1. The van der Waals surface area contributed by atoms with E-state index in [2.05, 4.69) is 17.5 Å². The van der Waals surface area contributed by atoms with Gasteiger partial charge in [0.05, 0.1) is 16.6 Å². The Morgan fingerprint density at radius 2 is 1.67 bits per heavy atom. The molecule has 2 aliphatic rings. The Morgan fingerprint density at radius 3 is 2.28 bits per heavy atom. The first-order valence-electron chi connectivity index (χ1n) is 12.7. The average molecular weight is 535 g/mol. The molecule has 0 aromatic heterocycles. The molecule has 2 N–H and O–H groups in total. The molecule has 8 heteroatoms. The third-order valence-corrected chi connectivity index (χ3v) is 8.39. The maximum Gasteiger partial charge on any atom is 0.303 e. The van der Waals surface area contributed by atoms with E-state index in [1.807, 2.05) is 51.1 Å². The quantitative estimate of drug-likeness (QED) is 0.285. The first-order chi connectivity index (χ1) is 17.2. The summed E-state index contributed by atoms with van der Waals surface area (Å²) >= 11 is 6.29. The molecular formula is C28H39ClN2O4S. The van der Waals surface area contributed by atoms with Gasteiger partial charge in [-0.2, -0.15) is 0 Å². The molecule has 36 heavy (non-hydrogen) atoms. The Bertz CT molecular complexity index is 1140. The number of unbranched alkanes of at least 4 members (excludes halogenated alkanes) is 3. The lowest BCUT2D eigenvalue weighted by Gasteiger charge is -2.22. The van der Waals surface area contributed by atoms with E-state index in [4.69, 9.17) is 16.7 Å². The van der Waals surface area contributed by atoms with Crippen LogP contribution in [0, 0.1) is 6.92 Å². The number of rotatable bonds is 8. The van der Waals surface area contributed by atoms with Crippen molar-refractivity contribution in [1.82, 2.24) is 5.32 Å². The zero-order valence-electron chi connectivity index (χ0n) is 21.8. The molecule has 1 atom stereocenters. The van der Waals surface area contributed by atoms with E-state index in [1.54, 1.807) is 13.1 Å². The first kappa shape index (κ1) is 29.9. The average Bonchev–Trinajstić information content (AvgIpc) is 2.87. The van der Waals surface area contributed by atoms with Crippen LogP contribution in [0.15, 0.2) is 53.4 Å². The number of nitrogens with zero attached hydrogens (tertiary/aromatic N) is 1. The largest absolute Gasteiger partial charge is 0.481 e. The van der Waals surface area contributed by atoms with Crippen LogP contribution in [0.1, 0.15) is 81.5 Å². The normalized spacial score (nSPS) is 16.7. The van der Waals surface area contributed by atoms with Crippen molar-refractivity contribution in [3.63, 3.8) is 0 Å². The molecule has 0 amide bonds. The van der Waals surface area contributed by atoms with Crippen LogP contribution in [0.25, 0.3) is 0 Å². The maximum atomic E-state index is 13.3. The van der Waals surface area contributed by atoms with E-state index in [-0.39, 0.29) is 17.4 Å². The molecule has 6 nitrogen and oxygen atoms in total. The van der Waals surface area contributed by atoms with Crippen LogP contribution in [0.4, 0.5) is 5.69 Å². The molecular weight excluding hydrogens is 496 g/mol. The third kappa shape index (κ3) is 7.58. The van der Waals surface area contributed by atoms with Gasteiger partial charge in [0, 0.05) is 18.5 Å². The fourth-order valence-electron chi connectivity index (χ4n) is 3.99. The second-order valence-electron chi connectivity index (χ2n) is 8.66. The van der Waals surface area contributed by atoms with Crippen molar-refractivity contribution in [2.24, 2.45) is 0 Å². The number of carbonyl (C=O) groups is 1. The molecule has 0 bridgehead atoms. The van der Waals surface area contributed by atoms with E-state index in [1.165, 1.54) is 17.1 Å². The van der Waals surface area contributed by atoms with Gasteiger partial charge in [0.15, 0.2) is 0 Å². The summed E-state index contributed by atoms with van der Waals surface area (Å²) in [6.45, 7) is 6.56. The molecule has 4 rings (SSSR count). The zero-order chi connectivity index (χ0) is 26.7. The number of allylic oxidation sites excluding steroid dienone is 2. The Morgan fingerprint density at radius 1 is 1.06 bits per heavy atom. The van der Waals surface area contributed by atoms with Gasteiger partial charge in [-0.3, -0.25) is 9.10 Å². The fraction of sp³-hybridized carbons (Fsp3) is 0.464. The van der Waals surface area contributed by atoms with E-state index in [0.717, 1.165) is 30.4 Å². The number of halogens is 1.